The number of rotatable bonds is 2. The SMILES string of the molecule is CC.CCc1cn[nH]c1C(C)C. The van der Waals surface area contributed by atoms with Crippen LogP contribution in [-0.4, -0.2) is 10.2 Å². The van der Waals surface area contributed by atoms with E-state index in [0.717, 1.165) is 6.42 Å². The molecule has 0 atom stereocenters. The van der Waals surface area contributed by atoms with Gasteiger partial charge in [0.25, 0.3) is 0 Å². The van der Waals surface area contributed by atoms with Crippen LogP contribution in [-0.2, 0) is 6.42 Å². The van der Waals surface area contributed by atoms with Gasteiger partial charge in [-0.2, -0.15) is 5.10 Å². The van der Waals surface area contributed by atoms with E-state index in [0.29, 0.717) is 5.92 Å². The molecule has 0 fully saturated rings. The fourth-order valence-corrected chi connectivity index (χ4v) is 1.10. The summed E-state index contributed by atoms with van der Waals surface area (Å²) in [6.45, 7) is 10.5. The van der Waals surface area contributed by atoms with Crippen LogP contribution in [0, 0.1) is 0 Å². The minimum atomic E-state index is 0.567. The van der Waals surface area contributed by atoms with Crippen molar-refractivity contribution in [1.29, 1.82) is 0 Å². The summed E-state index contributed by atoms with van der Waals surface area (Å²) in [7, 11) is 0. The minimum absolute atomic E-state index is 0.567. The Morgan fingerprint density at radius 3 is 2.33 bits per heavy atom. The highest BCUT2D eigenvalue weighted by Gasteiger charge is 2.05. The fourth-order valence-electron chi connectivity index (χ4n) is 1.10. The molecule has 0 radical (unpaired) electrons. The van der Waals surface area contributed by atoms with E-state index in [2.05, 4.69) is 31.0 Å². The lowest BCUT2D eigenvalue weighted by atomic mass is 10.1. The van der Waals surface area contributed by atoms with Gasteiger partial charge in [-0.1, -0.05) is 34.6 Å². The molecule has 70 valence electrons. The summed E-state index contributed by atoms with van der Waals surface area (Å²) in [5, 5.41) is 7.00. The lowest BCUT2D eigenvalue weighted by Crippen LogP contribution is -1.92. The van der Waals surface area contributed by atoms with E-state index in [1.54, 1.807) is 0 Å². The first-order valence-electron chi connectivity index (χ1n) is 4.77. The molecule has 0 spiro atoms. The first kappa shape index (κ1) is 11.2. The maximum Gasteiger partial charge on any atom is 0.0522 e. The summed E-state index contributed by atoms with van der Waals surface area (Å²) in [5.41, 5.74) is 2.62. The molecule has 1 N–H and O–H groups in total. The first-order chi connectivity index (χ1) is 5.75. The van der Waals surface area contributed by atoms with Gasteiger partial charge in [0, 0.05) is 5.69 Å². The zero-order valence-corrected chi connectivity index (χ0v) is 8.81. The molecule has 2 nitrogen and oxygen atoms in total. The Morgan fingerprint density at radius 1 is 1.42 bits per heavy atom. The van der Waals surface area contributed by atoms with Crippen molar-refractivity contribution in [2.75, 3.05) is 0 Å². The summed E-state index contributed by atoms with van der Waals surface area (Å²) < 4.78 is 0. The summed E-state index contributed by atoms with van der Waals surface area (Å²) in [4.78, 5) is 0. The van der Waals surface area contributed by atoms with E-state index in [-0.39, 0.29) is 0 Å². The van der Waals surface area contributed by atoms with Gasteiger partial charge in [-0.3, -0.25) is 5.10 Å². The van der Waals surface area contributed by atoms with Crippen LogP contribution in [0.1, 0.15) is 51.8 Å². The van der Waals surface area contributed by atoms with Crippen LogP contribution in [0.15, 0.2) is 6.20 Å². The normalized spacial score (nSPS) is 9.50. The van der Waals surface area contributed by atoms with E-state index in [1.807, 2.05) is 20.0 Å². The molecule has 1 aromatic rings. The fraction of sp³-hybridized carbons (Fsp3) is 0.700. The van der Waals surface area contributed by atoms with Gasteiger partial charge >= 0.3 is 0 Å². The molecular weight excluding hydrogens is 148 g/mol. The predicted octanol–water partition coefficient (Wildman–Crippen LogP) is 3.12. The molecule has 0 amide bonds. The van der Waals surface area contributed by atoms with Crippen molar-refractivity contribution in [3.8, 4) is 0 Å². The second-order valence-corrected chi connectivity index (χ2v) is 2.82. The molecule has 0 saturated heterocycles. The Bertz CT molecular complexity index is 201. The van der Waals surface area contributed by atoms with E-state index in [9.17, 15) is 0 Å². The number of aromatic amines is 1. The third-order valence-corrected chi connectivity index (χ3v) is 1.71. The van der Waals surface area contributed by atoms with E-state index >= 15 is 0 Å². The van der Waals surface area contributed by atoms with Gasteiger partial charge < -0.3 is 0 Å². The Kier molecular flexibility index (Phi) is 5.43. The molecule has 0 unspecified atom stereocenters. The lowest BCUT2D eigenvalue weighted by molar-refractivity contribution is 0.797. The van der Waals surface area contributed by atoms with E-state index in [1.165, 1.54) is 11.3 Å². The topological polar surface area (TPSA) is 28.7 Å². The zero-order valence-electron chi connectivity index (χ0n) is 8.81. The molecule has 1 heterocycles. The average Bonchev–Trinajstić information content (AvgIpc) is 2.55. The van der Waals surface area contributed by atoms with E-state index < -0.39 is 0 Å². The highest BCUT2D eigenvalue weighted by Crippen LogP contribution is 2.15. The number of hydrogen-bond donors (Lipinski definition) is 1. The number of aryl methyl sites for hydroxylation is 1. The number of hydrogen-bond acceptors (Lipinski definition) is 1. The zero-order chi connectivity index (χ0) is 9.56. The standard InChI is InChI=1S/C8H14N2.C2H6/c1-4-7-5-9-10-8(7)6(2)3;1-2/h5-6H,4H2,1-3H3,(H,9,10);1-2H3. The molecule has 1 rings (SSSR count). The van der Waals surface area contributed by atoms with Crippen molar-refractivity contribution in [3.63, 3.8) is 0 Å². The van der Waals surface area contributed by atoms with Gasteiger partial charge in [0.1, 0.15) is 0 Å². The highest BCUT2D eigenvalue weighted by atomic mass is 15.1. The average molecular weight is 168 g/mol. The molecule has 0 bridgehead atoms. The maximum absolute atomic E-state index is 3.99. The summed E-state index contributed by atoms with van der Waals surface area (Å²) in [5.74, 6) is 0.567. The summed E-state index contributed by atoms with van der Waals surface area (Å²) in [6.07, 6.45) is 2.99. The third-order valence-electron chi connectivity index (χ3n) is 1.71. The number of nitrogens with zero attached hydrogens (tertiary/aromatic N) is 1. The molecule has 1 aromatic heterocycles. The third kappa shape index (κ3) is 2.68. The van der Waals surface area contributed by atoms with Crippen LogP contribution in [0.25, 0.3) is 0 Å². The van der Waals surface area contributed by atoms with E-state index in [4.69, 9.17) is 0 Å². The Balaban J connectivity index is 0.000000561. The Labute approximate surface area is 75.4 Å². The molecule has 0 saturated carbocycles. The number of aromatic nitrogens is 2. The van der Waals surface area contributed by atoms with Gasteiger partial charge in [0.2, 0.25) is 0 Å². The molecule has 0 aliphatic carbocycles. The van der Waals surface area contributed by atoms with Crippen molar-refractivity contribution in [3.05, 3.63) is 17.5 Å². The number of nitrogens with one attached hydrogen (secondary N) is 1. The maximum atomic E-state index is 3.99. The van der Waals surface area contributed by atoms with Crippen LogP contribution in [0.3, 0.4) is 0 Å². The second kappa shape index (κ2) is 5.81. The largest absolute Gasteiger partial charge is 0.282 e. The van der Waals surface area contributed by atoms with Crippen LogP contribution in [0.4, 0.5) is 0 Å². The Morgan fingerprint density at radius 2 is 2.00 bits per heavy atom. The first-order valence-corrected chi connectivity index (χ1v) is 4.77. The summed E-state index contributed by atoms with van der Waals surface area (Å²) >= 11 is 0. The minimum Gasteiger partial charge on any atom is -0.282 e. The van der Waals surface area contributed by atoms with Crippen molar-refractivity contribution in [2.45, 2.75) is 47.0 Å². The van der Waals surface area contributed by atoms with Crippen LogP contribution in [0.2, 0.25) is 0 Å². The van der Waals surface area contributed by atoms with Crippen molar-refractivity contribution in [2.24, 2.45) is 0 Å². The van der Waals surface area contributed by atoms with Gasteiger partial charge in [-0.05, 0) is 17.9 Å². The van der Waals surface area contributed by atoms with Crippen LogP contribution in [0.5, 0.6) is 0 Å². The van der Waals surface area contributed by atoms with Crippen molar-refractivity contribution in [1.82, 2.24) is 10.2 Å². The van der Waals surface area contributed by atoms with Crippen LogP contribution < -0.4 is 0 Å². The molecule has 0 aliphatic heterocycles. The molecule has 0 aromatic carbocycles. The molecule has 12 heavy (non-hydrogen) atoms. The molecular formula is C10H20N2. The summed E-state index contributed by atoms with van der Waals surface area (Å²) in [6, 6.07) is 0. The van der Waals surface area contributed by atoms with Gasteiger partial charge in [0.15, 0.2) is 0 Å². The van der Waals surface area contributed by atoms with Crippen molar-refractivity contribution >= 4 is 0 Å². The Hall–Kier alpha value is -0.790. The highest BCUT2D eigenvalue weighted by molar-refractivity contribution is 5.18. The van der Waals surface area contributed by atoms with Crippen LogP contribution >= 0.6 is 0 Å². The number of H-pyrrole nitrogens is 1. The lowest BCUT2D eigenvalue weighted by Gasteiger charge is -2.02. The second-order valence-electron chi connectivity index (χ2n) is 2.82. The predicted molar refractivity (Wildman–Crippen MR) is 53.4 cm³/mol. The smallest absolute Gasteiger partial charge is 0.0522 e. The van der Waals surface area contributed by atoms with Gasteiger partial charge in [-0.25, -0.2) is 0 Å². The van der Waals surface area contributed by atoms with Crippen molar-refractivity contribution < 1.29 is 0 Å². The van der Waals surface area contributed by atoms with Gasteiger partial charge in [-0.15, -0.1) is 0 Å². The quantitative estimate of drug-likeness (QED) is 0.722. The monoisotopic (exact) mass is 168 g/mol. The van der Waals surface area contributed by atoms with Gasteiger partial charge in [0.05, 0.1) is 6.20 Å². The molecule has 0 aliphatic rings. The molecule has 2 heteroatoms.